The first-order valence-corrected chi connectivity index (χ1v) is 6.67. The third kappa shape index (κ3) is 1.81. The molecule has 21 heavy (non-hydrogen) atoms. The number of imidazole rings is 1. The molecule has 5 nitrogen and oxygen atoms in total. The molecule has 1 saturated heterocycles. The zero-order valence-electron chi connectivity index (χ0n) is 11.5. The zero-order valence-corrected chi connectivity index (χ0v) is 11.5. The molecule has 3 atom stereocenters. The smallest absolute Gasteiger partial charge is 0.239 e. The Morgan fingerprint density at radius 1 is 1.19 bits per heavy atom. The van der Waals surface area contributed by atoms with Gasteiger partial charge in [-0.2, -0.15) is 4.39 Å². The van der Waals surface area contributed by atoms with Crippen molar-refractivity contribution in [1.29, 1.82) is 0 Å². The number of fused-ring (bicyclic) bond motifs is 2. The van der Waals surface area contributed by atoms with E-state index in [-0.39, 0.29) is 29.3 Å². The van der Waals surface area contributed by atoms with Gasteiger partial charge in [0.15, 0.2) is 11.6 Å². The van der Waals surface area contributed by atoms with Gasteiger partial charge in [-0.25, -0.2) is 14.4 Å². The highest BCUT2D eigenvalue weighted by Crippen LogP contribution is 2.40. The van der Waals surface area contributed by atoms with Crippen LogP contribution in [0.2, 0.25) is 0 Å². The van der Waals surface area contributed by atoms with Crippen molar-refractivity contribution >= 4 is 11.0 Å². The lowest BCUT2D eigenvalue weighted by atomic mass is 10.2. The molecule has 7 heteroatoms. The summed E-state index contributed by atoms with van der Waals surface area (Å²) in [7, 11) is 0. The molecule has 0 spiro atoms. The van der Waals surface area contributed by atoms with Crippen molar-refractivity contribution in [3.05, 3.63) is 36.4 Å². The molecule has 0 aromatic carbocycles. The summed E-state index contributed by atoms with van der Waals surface area (Å²) in [5.41, 5.74) is 0.0103. The molecule has 0 bridgehead atoms. The number of rotatable bonds is 1. The molecule has 0 amide bonds. The van der Waals surface area contributed by atoms with Crippen LogP contribution in [0.15, 0.2) is 24.7 Å². The van der Waals surface area contributed by atoms with E-state index in [0.717, 1.165) is 6.20 Å². The fraction of sp³-hybridized carbons (Fsp3) is 0.429. The van der Waals surface area contributed by atoms with Gasteiger partial charge in [-0.15, -0.1) is 0 Å². The Labute approximate surface area is 119 Å². The average molecular weight is 293 g/mol. The van der Waals surface area contributed by atoms with Crippen LogP contribution in [0.25, 0.3) is 11.0 Å². The summed E-state index contributed by atoms with van der Waals surface area (Å²) in [5.74, 6) is -2.09. The maximum Gasteiger partial charge on any atom is 0.239 e. The third-order valence-electron chi connectivity index (χ3n) is 3.83. The third-order valence-corrected chi connectivity index (χ3v) is 3.83. The molecule has 0 radical (unpaired) electrons. The van der Waals surface area contributed by atoms with Crippen molar-refractivity contribution in [2.75, 3.05) is 0 Å². The molecule has 3 heterocycles. The molecular weight excluding hydrogens is 280 g/mol. The summed E-state index contributed by atoms with van der Waals surface area (Å²) < 4.78 is 40.8. The van der Waals surface area contributed by atoms with Crippen LogP contribution in [0.1, 0.15) is 19.9 Å². The molecule has 2 aromatic rings. The highest BCUT2D eigenvalue weighted by atomic mass is 19.1. The topological polar surface area (TPSA) is 49.2 Å². The van der Waals surface area contributed by atoms with Gasteiger partial charge in [-0.05, 0) is 13.8 Å². The molecule has 2 aliphatic rings. The van der Waals surface area contributed by atoms with E-state index < -0.39 is 17.6 Å². The standard InChI is InChI=1S/C14H13F2N3O2/c1-14(2)20-9-4-3-8(12(9)21-14)19-6-18-10-7(15)5-17-13(16)11(10)19/h3-6,8-9,12H,1-2H3/t8-,9-,12+/m1/s1. The Morgan fingerprint density at radius 3 is 2.81 bits per heavy atom. The first-order chi connectivity index (χ1) is 9.96. The van der Waals surface area contributed by atoms with E-state index in [2.05, 4.69) is 9.97 Å². The second kappa shape index (κ2) is 4.08. The van der Waals surface area contributed by atoms with Gasteiger partial charge in [-0.3, -0.25) is 0 Å². The number of aromatic nitrogens is 3. The van der Waals surface area contributed by atoms with Gasteiger partial charge in [0.1, 0.15) is 23.2 Å². The number of ether oxygens (including phenoxy) is 2. The highest BCUT2D eigenvalue weighted by molar-refractivity contribution is 5.75. The molecule has 1 fully saturated rings. The van der Waals surface area contributed by atoms with Gasteiger partial charge in [0, 0.05) is 0 Å². The number of pyridine rings is 1. The lowest BCUT2D eigenvalue weighted by molar-refractivity contribution is -0.146. The largest absolute Gasteiger partial charge is 0.342 e. The lowest BCUT2D eigenvalue weighted by Gasteiger charge is -2.22. The van der Waals surface area contributed by atoms with Crippen molar-refractivity contribution in [3.8, 4) is 0 Å². The van der Waals surface area contributed by atoms with Crippen molar-refractivity contribution in [2.45, 2.75) is 37.9 Å². The van der Waals surface area contributed by atoms with E-state index in [1.807, 2.05) is 26.0 Å². The van der Waals surface area contributed by atoms with Crippen molar-refractivity contribution in [1.82, 2.24) is 14.5 Å². The summed E-state index contributed by atoms with van der Waals surface area (Å²) >= 11 is 0. The van der Waals surface area contributed by atoms with E-state index in [0.29, 0.717) is 0 Å². The van der Waals surface area contributed by atoms with Crippen LogP contribution in [-0.2, 0) is 9.47 Å². The fourth-order valence-electron chi connectivity index (χ4n) is 3.02. The minimum absolute atomic E-state index is 0.0301. The highest BCUT2D eigenvalue weighted by Gasteiger charge is 2.47. The minimum atomic E-state index is -0.751. The maximum absolute atomic E-state index is 14.0. The van der Waals surface area contributed by atoms with Crippen LogP contribution in [0.4, 0.5) is 8.78 Å². The summed E-state index contributed by atoms with van der Waals surface area (Å²) in [6, 6.07) is -0.306. The molecule has 1 aliphatic heterocycles. The molecule has 4 rings (SSSR count). The molecule has 0 saturated carbocycles. The van der Waals surface area contributed by atoms with Gasteiger partial charge in [0.25, 0.3) is 0 Å². The van der Waals surface area contributed by atoms with E-state index in [9.17, 15) is 8.78 Å². The van der Waals surface area contributed by atoms with Crippen LogP contribution in [0, 0.1) is 11.8 Å². The molecule has 2 aromatic heterocycles. The summed E-state index contributed by atoms with van der Waals surface area (Å²) in [6.45, 7) is 3.65. The summed E-state index contributed by atoms with van der Waals surface area (Å²) in [5, 5.41) is 0. The first kappa shape index (κ1) is 12.8. The lowest BCUT2D eigenvalue weighted by Crippen LogP contribution is -2.27. The quantitative estimate of drug-likeness (QED) is 0.598. The summed E-state index contributed by atoms with van der Waals surface area (Å²) in [6.07, 6.45) is 5.48. The van der Waals surface area contributed by atoms with Gasteiger partial charge in [-0.1, -0.05) is 12.2 Å². The Bertz CT molecular complexity index is 756. The van der Waals surface area contributed by atoms with Gasteiger partial charge in [0.2, 0.25) is 5.95 Å². The monoisotopic (exact) mass is 293 g/mol. The van der Waals surface area contributed by atoms with Crippen LogP contribution >= 0.6 is 0 Å². The average Bonchev–Trinajstić information content (AvgIpc) is 3.05. The number of hydrogen-bond donors (Lipinski definition) is 0. The van der Waals surface area contributed by atoms with Crippen LogP contribution in [-0.4, -0.2) is 32.5 Å². The van der Waals surface area contributed by atoms with Crippen molar-refractivity contribution in [2.24, 2.45) is 0 Å². The second-order valence-electron chi connectivity index (χ2n) is 5.69. The zero-order chi connectivity index (χ0) is 14.8. The predicted molar refractivity (Wildman–Crippen MR) is 69.4 cm³/mol. The SMILES string of the molecule is CC1(C)O[C@H]2[C@H](n3cnc4c(F)cnc(F)c43)C=C[C@H]2O1. The molecular formula is C14H13F2N3O2. The Balaban J connectivity index is 1.82. The van der Waals surface area contributed by atoms with Crippen LogP contribution in [0.5, 0.6) is 0 Å². The second-order valence-corrected chi connectivity index (χ2v) is 5.69. The Hall–Kier alpha value is -1.86. The van der Waals surface area contributed by atoms with E-state index in [4.69, 9.17) is 9.47 Å². The fourth-order valence-corrected chi connectivity index (χ4v) is 3.02. The minimum Gasteiger partial charge on any atom is -0.342 e. The molecule has 0 N–H and O–H groups in total. The molecule has 0 unspecified atom stereocenters. The first-order valence-electron chi connectivity index (χ1n) is 6.67. The number of halogens is 2. The van der Waals surface area contributed by atoms with Crippen molar-refractivity contribution < 1.29 is 18.3 Å². The Morgan fingerprint density at radius 2 is 2.00 bits per heavy atom. The number of nitrogens with zero attached hydrogens (tertiary/aromatic N) is 3. The maximum atomic E-state index is 14.0. The van der Waals surface area contributed by atoms with E-state index in [1.165, 1.54) is 6.33 Å². The Kier molecular flexibility index (Phi) is 2.50. The van der Waals surface area contributed by atoms with Gasteiger partial charge < -0.3 is 14.0 Å². The summed E-state index contributed by atoms with van der Waals surface area (Å²) in [4.78, 5) is 7.38. The molecule has 110 valence electrons. The number of hydrogen-bond acceptors (Lipinski definition) is 4. The van der Waals surface area contributed by atoms with E-state index >= 15 is 0 Å². The predicted octanol–water partition coefficient (Wildman–Crippen LogP) is 2.34. The van der Waals surface area contributed by atoms with E-state index in [1.54, 1.807) is 4.57 Å². The van der Waals surface area contributed by atoms with Crippen LogP contribution in [0.3, 0.4) is 0 Å². The normalized spacial score (nSPS) is 30.2. The van der Waals surface area contributed by atoms with Gasteiger partial charge >= 0.3 is 0 Å². The molecule has 1 aliphatic carbocycles. The van der Waals surface area contributed by atoms with Crippen molar-refractivity contribution in [3.63, 3.8) is 0 Å². The van der Waals surface area contributed by atoms with Gasteiger partial charge in [0.05, 0.1) is 18.6 Å². The van der Waals surface area contributed by atoms with Crippen LogP contribution < -0.4 is 0 Å².